The molecule has 0 aliphatic rings. The van der Waals surface area contributed by atoms with E-state index in [0.717, 1.165) is 10.9 Å². The van der Waals surface area contributed by atoms with Crippen LogP contribution >= 0.6 is 15.9 Å². The van der Waals surface area contributed by atoms with Gasteiger partial charge in [0, 0.05) is 4.47 Å². The van der Waals surface area contributed by atoms with Crippen LogP contribution in [0.25, 0.3) is 0 Å². The Morgan fingerprint density at radius 1 is 1.33 bits per heavy atom. The highest BCUT2D eigenvalue weighted by Gasteiger charge is 1.93. The molecule has 0 atom stereocenters. The first-order chi connectivity index (χ1) is 5.72. The fourth-order valence-electron chi connectivity index (χ4n) is 1.03. The molecule has 0 spiro atoms. The first kappa shape index (κ1) is 9.53. The highest BCUT2D eigenvalue weighted by atomic mass is 79.9. The van der Waals surface area contributed by atoms with Crippen LogP contribution in [0.15, 0.2) is 40.4 Å². The number of allylic oxidation sites excluding steroid dienone is 2. The molecule has 0 saturated heterocycles. The van der Waals surface area contributed by atoms with E-state index in [0.29, 0.717) is 0 Å². The Morgan fingerprint density at radius 3 is 2.42 bits per heavy atom. The standard InChI is InChI=1S/C11H13Br/c1-3-9(2)8-10-4-6-11(12)7-5-10/h3-7H,8H2,1-2H3. The van der Waals surface area contributed by atoms with Crippen molar-refractivity contribution < 1.29 is 0 Å². The molecule has 0 nitrogen and oxygen atoms in total. The van der Waals surface area contributed by atoms with Crippen LogP contribution in [-0.4, -0.2) is 0 Å². The van der Waals surface area contributed by atoms with Gasteiger partial charge in [-0.15, -0.1) is 0 Å². The number of hydrogen-bond donors (Lipinski definition) is 0. The molecule has 1 heteroatoms. The predicted octanol–water partition coefficient (Wildman–Crippen LogP) is 3.96. The predicted molar refractivity (Wildman–Crippen MR) is 57.3 cm³/mol. The smallest absolute Gasteiger partial charge is 0.0175 e. The average Bonchev–Trinajstić information content (AvgIpc) is 2.09. The second-order valence-corrected chi connectivity index (χ2v) is 3.85. The zero-order valence-electron chi connectivity index (χ0n) is 7.47. The molecule has 0 saturated carbocycles. The molecular formula is C11H13Br. The average molecular weight is 225 g/mol. The normalized spacial score (nSPS) is 11.8. The van der Waals surface area contributed by atoms with E-state index in [1.807, 2.05) is 0 Å². The van der Waals surface area contributed by atoms with Crippen molar-refractivity contribution in [3.63, 3.8) is 0 Å². The van der Waals surface area contributed by atoms with Crippen LogP contribution in [0.1, 0.15) is 19.4 Å². The van der Waals surface area contributed by atoms with E-state index < -0.39 is 0 Å². The summed E-state index contributed by atoms with van der Waals surface area (Å²) in [5.41, 5.74) is 2.78. The number of halogens is 1. The van der Waals surface area contributed by atoms with Crippen molar-refractivity contribution in [1.82, 2.24) is 0 Å². The molecular weight excluding hydrogens is 212 g/mol. The fourth-order valence-corrected chi connectivity index (χ4v) is 1.29. The minimum atomic E-state index is 1.06. The highest BCUT2D eigenvalue weighted by Crippen LogP contribution is 2.13. The van der Waals surface area contributed by atoms with Crippen molar-refractivity contribution in [2.75, 3.05) is 0 Å². The Hall–Kier alpha value is -0.560. The van der Waals surface area contributed by atoms with E-state index in [1.165, 1.54) is 11.1 Å². The summed E-state index contributed by atoms with van der Waals surface area (Å²) in [6.07, 6.45) is 3.21. The van der Waals surface area contributed by atoms with Crippen LogP contribution in [0.5, 0.6) is 0 Å². The third kappa shape index (κ3) is 2.82. The van der Waals surface area contributed by atoms with Crippen molar-refractivity contribution in [3.8, 4) is 0 Å². The molecule has 0 amide bonds. The van der Waals surface area contributed by atoms with Gasteiger partial charge >= 0.3 is 0 Å². The maximum Gasteiger partial charge on any atom is 0.0175 e. The molecule has 0 aliphatic heterocycles. The highest BCUT2D eigenvalue weighted by molar-refractivity contribution is 9.10. The van der Waals surface area contributed by atoms with Crippen LogP contribution in [-0.2, 0) is 6.42 Å². The van der Waals surface area contributed by atoms with Crippen LogP contribution in [0, 0.1) is 0 Å². The largest absolute Gasteiger partial charge is 0.0884 e. The molecule has 1 aromatic rings. The Labute approximate surface area is 82.4 Å². The van der Waals surface area contributed by atoms with Gasteiger partial charge in [-0.3, -0.25) is 0 Å². The maximum absolute atomic E-state index is 3.41. The first-order valence-electron chi connectivity index (χ1n) is 4.08. The molecule has 0 heterocycles. The van der Waals surface area contributed by atoms with Crippen LogP contribution in [0.2, 0.25) is 0 Å². The van der Waals surface area contributed by atoms with Crippen molar-refractivity contribution in [2.24, 2.45) is 0 Å². The van der Waals surface area contributed by atoms with Crippen molar-refractivity contribution >= 4 is 15.9 Å². The third-order valence-corrected chi connectivity index (χ3v) is 2.42. The molecule has 0 aromatic heterocycles. The van der Waals surface area contributed by atoms with Gasteiger partial charge in [0.1, 0.15) is 0 Å². The molecule has 1 aromatic carbocycles. The molecule has 0 bridgehead atoms. The zero-order valence-corrected chi connectivity index (χ0v) is 9.06. The van der Waals surface area contributed by atoms with Gasteiger partial charge < -0.3 is 0 Å². The SMILES string of the molecule is CC=C(C)Cc1ccc(Br)cc1. The van der Waals surface area contributed by atoms with E-state index in [2.05, 4.69) is 60.1 Å². The van der Waals surface area contributed by atoms with Gasteiger partial charge in [-0.1, -0.05) is 39.7 Å². The maximum atomic E-state index is 3.41. The lowest BCUT2D eigenvalue weighted by molar-refractivity contribution is 1.13. The topological polar surface area (TPSA) is 0 Å². The Kier molecular flexibility index (Phi) is 3.54. The monoisotopic (exact) mass is 224 g/mol. The van der Waals surface area contributed by atoms with E-state index in [1.54, 1.807) is 0 Å². The lowest BCUT2D eigenvalue weighted by atomic mass is 10.1. The molecule has 12 heavy (non-hydrogen) atoms. The molecule has 0 fully saturated rings. The summed E-state index contributed by atoms with van der Waals surface area (Å²) in [5.74, 6) is 0. The lowest BCUT2D eigenvalue weighted by Crippen LogP contribution is -1.85. The van der Waals surface area contributed by atoms with E-state index in [-0.39, 0.29) is 0 Å². The summed E-state index contributed by atoms with van der Waals surface area (Å²) in [5, 5.41) is 0. The van der Waals surface area contributed by atoms with Crippen molar-refractivity contribution in [1.29, 1.82) is 0 Å². The van der Waals surface area contributed by atoms with Crippen molar-refractivity contribution in [2.45, 2.75) is 20.3 Å². The summed E-state index contributed by atoms with van der Waals surface area (Å²) in [4.78, 5) is 0. The van der Waals surface area contributed by atoms with Crippen molar-refractivity contribution in [3.05, 3.63) is 46.0 Å². The van der Waals surface area contributed by atoms with E-state index >= 15 is 0 Å². The summed E-state index contributed by atoms with van der Waals surface area (Å²) < 4.78 is 1.14. The third-order valence-electron chi connectivity index (χ3n) is 1.89. The molecule has 0 N–H and O–H groups in total. The molecule has 64 valence electrons. The van der Waals surface area contributed by atoms with Gasteiger partial charge in [0.2, 0.25) is 0 Å². The molecule has 0 radical (unpaired) electrons. The summed E-state index contributed by atoms with van der Waals surface area (Å²) in [6.45, 7) is 4.23. The molecule has 0 unspecified atom stereocenters. The van der Waals surface area contributed by atoms with E-state index in [9.17, 15) is 0 Å². The minimum Gasteiger partial charge on any atom is -0.0884 e. The van der Waals surface area contributed by atoms with Gasteiger partial charge in [-0.25, -0.2) is 0 Å². The Balaban J connectivity index is 2.71. The Bertz CT molecular complexity index is 270. The van der Waals surface area contributed by atoms with Gasteiger partial charge in [0.05, 0.1) is 0 Å². The Morgan fingerprint density at radius 2 is 1.92 bits per heavy atom. The molecule has 0 aliphatic carbocycles. The summed E-state index contributed by atoms with van der Waals surface area (Å²) >= 11 is 3.41. The minimum absolute atomic E-state index is 1.06. The van der Waals surface area contributed by atoms with Gasteiger partial charge in [0.15, 0.2) is 0 Å². The van der Waals surface area contributed by atoms with Crippen LogP contribution in [0.3, 0.4) is 0 Å². The van der Waals surface area contributed by atoms with Crippen LogP contribution < -0.4 is 0 Å². The zero-order chi connectivity index (χ0) is 8.97. The second kappa shape index (κ2) is 4.46. The van der Waals surface area contributed by atoms with Crippen LogP contribution in [0.4, 0.5) is 0 Å². The number of hydrogen-bond acceptors (Lipinski definition) is 0. The van der Waals surface area contributed by atoms with Gasteiger partial charge in [-0.2, -0.15) is 0 Å². The summed E-state index contributed by atoms with van der Waals surface area (Å²) in [6, 6.07) is 8.46. The summed E-state index contributed by atoms with van der Waals surface area (Å²) in [7, 11) is 0. The number of benzene rings is 1. The van der Waals surface area contributed by atoms with E-state index in [4.69, 9.17) is 0 Å². The molecule has 1 rings (SSSR count). The van der Waals surface area contributed by atoms with Gasteiger partial charge in [-0.05, 0) is 38.0 Å². The lowest BCUT2D eigenvalue weighted by Gasteiger charge is -2.00. The second-order valence-electron chi connectivity index (χ2n) is 2.94. The number of rotatable bonds is 2. The fraction of sp³-hybridized carbons (Fsp3) is 0.273. The first-order valence-corrected chi connectivity index (χ1v) is 4.88. The quantitative estimate of drug-likeness (QED) is 0.668. The van der Waals surface area contributed by atoms with Gasteiger partial charge in [0.25, 0.3) is 0 Å².